The lowest BCUT2D eigenvalue weighted by Gasteiger charge is -1.94. The molecule has 0 bridgehead atoms. The highest BCUT2D eigenvalue weighted by atomic mass is 35.5. The van der Waals surface area contributed by atoms with E-state index < -0.39 is 0 Å². The minimum atomic E-state index is -0.135. The first-order valence-electron chi connectivity index (χ1n) is 6.29. The van der Waals surface area contributed by atoms with Crippen molar-refractivity contribution in [1.29, 1.82) is 0 Å². The van der Waals surface area contributed by atoms with Gasteiger partial charge >= 0.3 is 0 Å². The fraction of sp³-hybridized carbons (Fsp3) is 0. The summed E-state index contributed by atoms with van der Waals surface area (Å²) in [7, 11) is 5.85. The Bertz CT molecular complexity index is 843. The lowest BCUT2D eigenvalue weighted by Crippen LogP contribution is -2.00. The molecule has 3 rings (SSSR count). The van der Waals surface area contributed by atoms with E-state index in [0.717, 1.165) is 0 Å². The summed E-state index contributed by atoms with van der Waals surface area (Å²) in [5, 5.41) is 0.882. The average molecular weight is 216 g/mol. The Hall–Kier alpha value is -1.41. The van der Waals surface area contributed by atoms with Crippen molar-refractivity contribution in [2.45, 2.75) is 0 Å². The van der Waals surface area contributed by atoms with Crippen molar-refractivity contribution >= 4 is 46.8 Å². The van der Waals surface area contributed by atoms with Gasteiger partial charge in [-0.15, -0.1) is 0 Å². The van der Waals surface area contributed by atoms with Gasteiger partial charge in [0.1, 0.15) is 13.4 Å². The van der Waals surface area contributed by atoms with Gasteiger partial charge in [-0.2, -0.15) is 0 Å². The van der Waals surface area contributed by atoms with Gasteiger partial charge in [-0.1, -0.05) is 41.3 Å². The Morgan fingerprint density at radius 2 is 2.20 bits per heavy atom. The van der Waals surface area contributed by atoms with E-state index in [4.69, 9.17) is 29.3 Å². The van der Waals surface area contributed by atoms with E-state index in [1.165, 1.54) is 12.1 Å². The monoisotopic (exact) mass is 216 g/mol. The molecule has 70 valence electrons. The van der Waals surface area contributed by atoms with Crippen LogP contribution >= 0.6 is 11.6 Å². The lowest BCUT2D eigenvalue weighted by molar-refractivity contribution is 0.669. The van der Waals surface area contributed by atoms with Crippen molar-refractivity contribution in [3.63, 3.8) is 0 Å². The molecule has 0 spiro atoms. The van der Waals surface area contributed by atoms with Crippen molar-refractivity contribution in [3.05, 3.63) is 41.3 Å². The highest BCUT2D eigenvalue weighted by Gasteiger charge is 2.09. The summed E-state index contributed by atoms with van der Waals surface area (Å²) >= 11 is 6.00. The van der Waals surface area contributed by atoms with Crippen LogP contribution in [0.15, 0.2) is 40.7 Å². The summed E-state index contributed by atoms with van der Waals surface area (Å²) in [5.74, 6) is 0. The molecule has 15 heavy (non-hydrogen) atoms. The van der Waals surface area contributed by atoms with E-state index in [2.05, 4.69) is 0 Å². The SMILES string of the molecule is [2H]c1cc2c(oc3c([2H])cc([2H])c([B])c32)c(Cl)c1[2H]. The van der Waals surface area contributed by atoms with Crippen LogP contribution in [-0.2, 0) is 0 Å². The molecule has 0 aliphatic rings. The molecule has 0 saturated heterocycles. The van der Waals surface area contributed by atoms with Gasteiger partial charge in [-0.3, -0.25) is 0 Å². The summed E-state index contributed by atoms with van der Waals surface area (Å²) in [5.41, 5.74) is 0.622. The first-order valence-corrected chi connectivity index (χ1v) is 4.67. The summed E-state index contributed by atoms with van der Waals surface area (Å²) in [6, 6.07) is 2.57. The predicted octanol–water partition coefficient (Wildman–Crippen LogP) is 3.03. The number of furan rings is 1. The van der Waals surface area contributed by atoms with Crippen LogP contribution in [0.5, 0.6) is 0 Å². The van der Waals surface area contributed by atoms with Crippen LogP contribution < -0.4 is 5.46 Å². The van der Waals surface area contributed by atoms with Crippen molar-refractivity contribution in [3.8, 4) is 0 Å². The van der Waals surface area contributed by atoms with Gasteiger partial charge in [0, 0.05) is 10.8 Å². The van der Waals surface area contributed by atoms with Gasteiger partial charge in [0.15, 0.2) is 5.58 Å². The molecule has 0 unspecified atom stereocenters. The quantitative estimate of drug-likeness (QED) is 0.527. The highest BCUT2D eigenvalue weighted by Crippen LogP contribution is 2.31. The van der Waals surface area contributed by atoms with E-state index in [9.17, 15) is 0 Å². The summed E-state index contributed by atoms with van der Waals surface area (Å²) in [4.78, 5) is 0. The lowest BCUT2D eigenvalue weighted by atomic mass is 9.91. The molecule has 0 aliphatic carbocycles. The third-order valence-corrected chi connectivity index (χ3v) is 2.51. The second kappa shape index (κ2) is 3.04. The number of benzene rings is 2. The van der Waals surface area contributed by atoms with Crippen LogP contribution in [0.1, 0.15) is 5.48 Å². The number of halogens is 1. The summed E-state index contributed by atoms with van der Waals surface area (Å²) < 4.78 is 36.3. The number of rotatable bonds is 0. The molecule has 0 amide bonds. The van der Waals surface area contributed by atoms with Crippen LogP contribution in [-0.4, -0.2) is 7.85 Å². The molecule has 1 heterocycles. The molecule has 1 aromatic heterocycles. The van der Waals surface area contributed by atoms with E-state index in [0.29, 0.717) is 10.8 Å². The minimum absolute atomic E-state index is 0.0176. The zero-order valence-corrected chi connectivity index (χ0v) is 8.27. The maximum atomic E-state index is 7.81. The Morgan fingerprint density at radius 1 is 1.33 bits per heavy atom. The van der Waals surface area contributed by atoms with Gasteiger partial charge in [0.2, 0.25) is 0 Å². The smallest absolute Gasteiger partial charge is 0.153 e. The summed E-state index contributed by atoms with van der Waals surface area (Å²) in [6.07, 6.45) is 0. The molecule has 1 nitrogen and oxygen atoms in total. The maximum Gasteiger partial charge on any atom is 0.153 e. The van der Waals surface area contributed by atoms with E-state index in [1.807, 2.05) is 0 Å². The van der Waals surface area contributed by atoms with Crippen LogP contribution in [0.25, 0.3) is 21.9 Å². The molecule has 0 fully saturated rings. The molecular weight excluding hydrogens is 206 g/mol. The zero-order chi connectivity index (χ0) is 13.9. The Kier molecular flexibility index (Phi) is 1.14. The molecule has 3 heteroatoms. The van der Waals surface area contributed by atoms with E-state index in [-0.39, 0.29) is 45.8 Å². The van der Waals surface area contributed by atoms with Crippen molar-refractivity contribution in [2.24, 2.45) is 0 Å². The van der Waals surface area contributed by atoms with Crippen molar-refractivity contribution < 1.29 is 9.90 Å². The first-order chi connectivity index (χ1) is 8.91. The third kappa shape index (κ3) is 1.18. The molecule has 2 radical (unpaired) electrons. The number of para-hydroxylation sites is 1. The minimum Gasteiger partial charge on any atom is -0.455 e. The fourth-order valence-corrected chi connectivity index (χ4v) is 1.79. The predicted molar refractivity (Wildman–Crippen MR) is 64.1 cm³/mol. The molecule has 0 N–H and O–H groups in total. The van der Waals surface area contributed by atoms with E-state index in [1.54, 1.807) is 0 Å². The number of hydrogen-bond acceptors (Lipinski definition) is 1. The normalized spacial score (nSPS) is 15.0. The van der Waals surface area contributed by atoms with Crippen LogP contribution in [0.3, 0.4) is 0 Å². The van der Waals surface area contributed by atoms with Gasteiger partial charge < -0.3 is 4.42 Å². The van der Waals surface area contributed by atoms with Gasteiger partial charge in [0.05, 0.1) is 10.5 Å². The highest BCUT2D eigenvalue weighted by molar-refractivity contribution is 6.42. The first kappa shape index (κ1) is 5.62. The second-order valence-electron chi connectivity index (χ2n) is 3.12. The molecular formula is C12H6BClO. The maximum absolute atomic E-state index is 7.81. The number of hydrogen-bond donors (Lipinski definition) is 0. The van der Waals surface area contributed by atoms with Crippen LogP contribution in [0, 0.1) is 0 Å². The topological polar surface area (TPSA) is 13.1 Å². The Balaban J connectivity index is 2.66. The van der Waals surface area contributed by atoms with Crippen LogP contribution in [0.4, 0.5) is 0 Å². The zero-order valence-electron chi connectivity index (χ0n) is 11.5. The van der Waals surface area contributed by atoms with Gasteiger partial charge in [0.25, 0.3) is 0 Å². The van der Waals surface area contributed by atoms with Crippen molar-refractivity contribution in [1.82, 2.24) is 0 Å². The molecule has 0 aliphatic heterocycles. The third-order valence-electron chi connectivity index (χ3n) is 2.24. The van der Waals surface area contributed by atoms with Gasteiger partial charge in [-0.05, 0) is 12.1 Å². The van der Waals surface area contributed by atoms with Gasteiger partial charge in [-0.25, -0.2) is 0 Å². The van der Waals surface area contributed by atoms with E-state index >= 15 is 0 Å². The molecule has 0 atom stereocenters. The standard InChI is InChI=1S/C12H6BClO/c13-8-4-2-6-10-11(8)7-3-1-5-9(14)12(7)15-10/h1-6H/i1D,4D,5D,6D. The Labute approximate surface area is 98.7 Å². The second-order valence-corrected chi connectivity index (χ2v) is 3.50. The fourth-order valence-electron chi connectivity index (χ4n) is 1.59. The van der Waals surface area contributed by atoms with Crippen LogP contribution in [0.2, 0.25) is 5.02 Å². The molecule has 0 saturated carbocycles. The Morgan fingerprint density at radius 3 is 3.07 bits per heavy atom. The largest absolute Gasteiger partial charge is 0.455 e. The average Bonchev–Trinajstić information content (AvgIpc) is 2.73. The molecule has 2 aromatic carbocycles. The summed E-state index contributed by atoms with van der Waals surface area (Å²) in [6.45, 7) is 0. The molecule has 3 aromatic rings. The number of fused-ring (bicyclic) bond motifs is 3. The van der Waals surface area contributed by atoms with Crippen molar-refractivity contribution in [2.75, 3.05) is 0 Å².